The van der Waals surface area contributed by atoms with Gasteiger partial charge in [0.2, 0.25) is 29.5 Å². The second-order valence-corrected chi connectivity index (χ2v) is 13.2. The third-order valence-electron chi connectivity index (χ3n) is 8.55. The molecule has 2 aliphatic rings. The number of nitrogens with one attached hydrogen (secondary N) is 2. The summed E-state index contributed by atoms with van der Waals surface area (Å²) in [6.45, 7) is 10.8. The Morgan fingerprint density at radius 3 is 2.58 bits per heavy atom. The van der Waals surface area contributed by atoms with Crippen LogP contribution in [0, 0.1) is 11.3 Å². The third-order valence-corrected chi connectivity index (χ3v) is 8.55. The largest absolute Gasteiger partial charge is 0.464 e. The van der Waals surface area contributed by atoms with E-state index in [9.17, 15) is 24.3 Å². The highest BCUT2D eigenvalue weighted by molar-refractivity contribution is 6.10. The van der Waals surface area contributed by atoms with E-state index in [2.05, 4.69) is 15.6 Å². The van der Waals surface area contributed by atoms with Crippen LogP contribution in [0.25, 0.3) is 11.6 Å². The Labute approximate surface area is 260 Å². The highest BCUT2D eigenvalue weighted by atomic mass is 16.5. The van der Waals surface area contributed by atoms with Gasteiger partial charge in [0.05, 0.1) is 7.11 Å². The SMILES string of the molecule is COC(=O)c1coc(-c2nc3oc2[C@]2(C)C(=O)N(C)c4ccc(cc42)CC[C@H](NC(=O)[C@@H](O)C(C)C)C(=O)N[C@H]3C(C)(C)C)n1. The van der Waals surface area contributed by atoms with Crippen LogP contribution in [0.4, 0.5) is 5.69 Å². The molecule has 4 bridgehead atoms. The van der Waals surface area contributed by atoms with Crippen molar-refractivity contribution in [2.45, 2.75) is 78.0 Å². The molecule has 4 heterocycles. The molecule has 2 aromatic heterocycles. The van der Waals surface area contributed by atoms with Gasteiger partial charge in [-0.15, -0.1) is 0 Å². The van der Waals surface area contributed by atoms with Gasteiger partial charge < -0.3 is 34.2 Å². The third kappa shape index (κ3) is 5.49. The number of aliphatic hydroxyl groups excluding tert-OH is 1. The van der Waals surface area contributed by atoms with Crippen LogP contribution in [0.3, 0.4) is 0 Å². The Hall–Kier alpha value is -4.52. The molecule has 3 N–H and O–H groups in total. The van der Waals surface area contributed by atoms with Gasteiger partial charge >= 0.3 is 5.97 Å². The second kappa shape index (κ2) is 11.4. The summed E-state index contributed by atoms with van der Waals surface area (Å²) in [4.78, 5) is 63.6. The lowest BCUT2D eigenvalue weighted by Crippen LogP contribution is -2.52. The molecule has 0 radical (unpaired) electrons. The zero-order valence-electron chi connectivity index (χ0n) is 26.7. The number of carbonyl (C=O) groups is 4. The number of methoxy groups -OCH3 is 1. The normalized spacial score (nSPS) is 22.3. The number of hydrogen-bond donors (Lipinski definition) is 3. The summed E-state index contributed by atoms with van der Waals surface area (Å²) >= 11 is 0. The zero-order chi connectivity index (χ0) is 33.0. The number of aryl methyl sites for hydroxylation is 1. The van der Waals surface area contributed by atoms with Crippen LogP contribution in [0.5, 0.6) is 0 Å². The van der Waals surface area contributed by atoms with Crippen molar-refractivity contribution in [1.82, 2.24) is 20.6 Å². The van der Waals surface area contributed by atoms with E-state index in [0.29, 0.717) is 17.7 Å². The lowest BCUT2D eigenvalue weighted by atomic mass is 9.79. The fourth-order valence-corrected chi connectivity index (χ4v) is 5.77. The molecule has 13 nitrogen and oxygen atoms in total. The van der Waals surface area contributed by atoms with E-state index in [1.807, 2.05) is 39.0 Å². The number of ether oxygens (including phenoxy) is 1. The molecule has 3 amide bonds. The van der Waals surface area contributed by atoms with E-state index in [1.165, 1.54) is 7.11 Å². The number of nitrogens with zero attached hydrogens (tertiary/aromatic N) is 3. The minimum Gasteiger partial charge on any atom is -0.464 e. The number of amides is 3. The molecule has 0 spiro atoms. The minimum absolute atomic E-state index is 0.0689. The minimum atomic E-state index is -1.38. The first-order valence-corrected chi connectivity index (χ1v) is 14.8. The summed E-state index contributed by atoms with van der Waals surface area (Å²) in [7, 11) is 2.90. The number of benzene rings is 1. The predicted molar refractivity (Wildman–Crippen MR) is 161 cm³/mol. The number of likely N-dealkylation sites (N-methyl/N-ethyl adjacent to an activating group) is 1. The highest BCUT2D eigenvalue weighted by Crippen LogP contribution is 2.50. The number of anilines is 1. The fourth-order valence-electron chi connectivity index (χ4n) is 5.77. The number of rotatable bonds is 5. The van der Waals surface area contributed by atoms with Gasteiger partial charge in [-0.2, -0.15) is 0 Å². The van der Waals surface area contributed by atoms with Crippen molar-refractivity contribution in [3.8, 4) is 11.6 Å². The van der Waals surface area contributed by atoms with Gasteiger partial charge in [-0.1, -0.05) is 46.8 Å². The van der Waals surface area contributed by atoms with E-state index in [0.717, 1.165) is 11.8 Å². The molecule has 0 aliphatic carbocycles. The van der Waals surface area contributed by atoms with E-state index >= 15 is 0 Å². The fraction of sp³-hybridized carbons (Fsp3) is 0.500. The number of aromatic nitrogens is 2. The van der Waals surface area contributed by atoms with Crippen LogP contribution in [0.2, 0.25) is 0 Å². The molecule has 0 saturated carbocycles. The molecule has 0 fully saturated rings. The number of hydrogen-bond acceptors (Lipinski definition) is 10. The Kier molecular flexibility index (Phi) is 8.11. The average molecular weight is 622 g/mol. The van der Waals surface area contributed by atoms with Crippen molar-refractivity contribution in [3.05, 3.63) is 52.9 Å². The van der Waals surface area contributed by atoms with Gasteiger partial charge in [0.1, 0.15) is 29.9 Å². The van der Waals surface area contributed by atoms with E-state index in [-0.39, 0.29) is 47.2 Å². The zero-order valence-corrected chi connectivity index (χ0v) is 26.7. The van der Waals surface area contributed by atoms with Crippen LogP contribution < -0.4 is 15.5 Å². The average Bonchev–Trinajstić information content (AvgIpc) is 3.70. The predicted octanol–water partition coefficient (Wildman–Crippen LogP) is 3.05. The van der Waals surface area contributed by atoms with Crippen molar-refractivity contribution in [3.63, 3.8) is 0 Å². The number of fused-ring (bicyclic) bond motifs is 4. The topological polar surface area (TPSA) is 177 Å². The van der Waals surface area contributed by atoms with Gasteiger partial charge in [0.15, 0.2) is 17.1 Å². The standard InChI is InChI=1S/C32H39N5O8/c1-15(2)22(38)26(40)33-18-11-9-16-10-12-20-17(13-16)32(6,30(42)37(20)7)24-21(27-34-19(14-44-27)29(41)43-8)35-28(45-24)23(31(3,4)5)36-25(18)39/h10,12-15,18,22-23,38H,9,11H2,1-8H3,(H,33,40)(H,36,39)/t18-,22-,23+,32+/m0/s1. The summed E-state index contributed by atoms with van der Waals surface area (Å²) < 4.78 is 16.9. The summed E-state index contributed by atoms with van der Waals surface area (Å²) in [5, 5.41) is 16.1. The number of oxazole rings is 2. The van der Waals surface area contributed by atoms with Gasteiger partial charge in [-0.05, 0) is 48.3 Å². The maximum absolute atomic E-state index is 14.1. The number of aliphatic hydroxyl groups is 1. The van der Waals surface area contributed by atoms with Gasteiger partial charge in [-0.3, -0.25) is 14.4 Å². The van der Waals surface area contributed by atoms with Crippen molar-refractivity contribution in [2.24, 2.45) is 11.3 Å². The molecule has 0 unspecified atom stereocenters. The molecule has 0 saturated heterocycles. The van der Waals surface area contributed by atoms with Crippen molar-refractivity contribution < 1.29 is 37.9 Å². The Balaban J connectivity index is 1.72. The summed E-state index contributed by atoms with van der Waals surface area (Å²) in [6, 6.07) is 3.75. The summed E-state index contributed by atoms with van der Waals surface area (Å²) in [5.41, 5.74) is 0.0789. The summed E-state index contributed by atoms with van der Waals surface area (Å²) in [5.74, 6) is -2.35. The van der Waals surface area contributed by atoms with Crippen molar-refractivity contribution in [2.75, 3.05) is 19.1 Å². The van der Waals surface area contributed by atoms with Crippen LogP contribution in [-0.2, 0) is 31.0 Å². The molecular weight excluding hydrogens is 582 g/mol. The molecule has 45 heavy (non-hydrogen) atoms. The molecule has 240 valence electrons. The van der Waals surface area contributed by atoms with Crippen LogP contribution >= 0.6 is 0 Å². The second-order valence-electron chi connectivity index (χ2n) is 13.2. The lowest BCUT2D eigenvalue weighted by Gasteiger charge is -2.31. The first-order chi connectivity index (χ1) is 21.1. The molecular formula is C32H39N5O8. The molecule has 5 rings (SSSR count). The Morgan fingerprint density at radius 1 is 1.22 bits per heavy atom. The smallest absolute Gasteiger partial charge is 0.360 e. The molecule has 13 heteroatoms. The van der Waals surface area contributed by atoms with E-state index in [4.69, 9.17) is 18.6 Å². The molecule has 1 aromatic carbocycles. The first-order valence-electron chi connectivity index (χ1n) is 14.8. The lowest BCUT2D eigenvalue weighted by molar-refractivity contribution is -0.136. The molecule has 4 atom stereocenters. The summed E-state index contributed by atoms with van der Waals surface area (Å²) in [6.07, 6.45) is 0.451. The Morgan fingerprint density at radius 2 is 1.93 bits per heavy atom. The van der Waals surface area contributed by atoms with Crippen molar-refractivity contribution in [1.29, 1.82) is 0 Å². The maximum Gasteiger partial charge on any atom is 0.360 e. The Bertz CT molecular complexity index is 1670. The number of carbonyl (C=O) groups excluding carboxylic acids is 4. The molecule has 2 aliphatic heterocycles. The number of esters is 1. The van der Waals surface area contributed by atoms with Gasteiger partial charge in [0, 0.05) is 12.7 Å². The maximum atomic E-state index is 14.1. The van der Waals surface area contributed by atoms with Gasteiger partial charge in [-0.25, -0.2) is 14.8 Å². The quantitative estimate of drug-likeness (QED) is 0.359. The molecule has 3 aromatic rings. The highest BCUT2D eigenvalue weighted by Gasteiger charge is 2.53. The first kappa shape index (κ1) is 31.9. The van der Waals surface area contributed by atoms with Crippen LogP contribution in [0.1, 0.15) is 87.3 Å². The van der Waals surface area contributed by atoms with Crippen molar-refractivity contribution >= 4 is 29.4 Å². The van der Waals surface area contributed by atoms with E-state index < -0.39 is 46.8 Å². The van der Waals surface area contributed by atoms with Crippen LogP contribution in [0.15, 0.2) is 33.3 Å². The van der Waals surface area contributed by atoms with Crippen LogP contribution in [-0.4, -0.2) is 65.1 Å². The monoisotopic (exact) mass is 621 g/mol. The van der Waals surface area contributed by atoms with E-state index in [1.54, 1.807) is 32.7 Å². The van der Waals surface area contributed by atoms with Gasteiger partial charge in [0.25, 0.3) is 0 Å².